The Bertz CT molecular complexity index is 1070. The van der Waals surface area contributed by atoms with E-state index in [-0.39, 0.29) is 0 Å². The number of carboxylic acid groups (broad SMARTS) is 1. The fourth-order valence-corrected chi connectivity index (χ4v) is 4.47. The third-order valence-corrected chi connectivity index (χ3v) is 6.75. The van der Waals surface area contributed by atoms with E-state index in [2.05, 4.69) is 72.5 Å². The van der Waals surface area contributed by atoms with Gasteiger partial charge in [0.2, 0.25) is 0 Å². The average molecular weight is 437 g/mol. The van der Waals surface area contributed by atoms with Crippen LogP contribution in [0.1, 0.15) is 49.6 Å². The fourth-order valence-electron chi connectivity index (χ4n) is 4.07. The van der Waals surface area contributed by atoms with Crippen molar-refractivity contribution in [2.75, 3.05) is 12.8 Å². The van der Waals surface area contributed by atoms with E-state index >= 15 is 0 Å². The van der Waals surface area contributed by atoms with Crippen LogP contribution < -0.4 is 5.32 Å². The van der Waals surface area contributed by atoms with E-state index < -0.39 is 5.97 Å². The minimum Gasteiger partial charge on any atom is -0.478 e. The monoisotopic (exact) mass is 436 g/mol. The van der Waals surface area contributed by atoms with E-state index in [1.165, 1.54) is 27.1 Å². The normalized spacial score (nSPS) is 11.1. The summed E-state index contributed by atoms with van der Waals surface area (Å²) < 4.78 is 2.14. The molecule has 0 fully saturated rings. The van der Waals surface area contributed by atoms with Crippen LogP contribution >= 0.6 is 11.8 Å². The molecule has 4 nitrogen and oxygen atoms in total. The highest BCUT2D eigenvalue weighted by Crippen LogP contribution is 2.25. The van der Waals surface area contributed by atoms with Gasteiger partial charge in [0.25, 0.3) is 0 Å². The molecule has 0 aliphatic heterocycles. The molecule has 0 radical (unpaired) electrons. The molecule has 0 unspecified atom stereocenters. The molecule has 3 aromatic rings. The molecule has 164 valence electrons. The molecule has 1 heterocycles. The number of benzene rings is 2. The molecule has 0 aliphatic rings. The second kappa shape index (κ2) is 10.2. The van der Waals surface area contributed by atoms with Gasteiger partial charge in [-0.3, -0.25) is 0 Å². The van der Waals surface area contributed by atoms with Crippen LogP contribution in [0.25, 0.3) is 0 Å². The molecule has 0 atom stereocenters. The van der Waals surface area contributed by atoms with Crippen LogP contribution in [0.5, 0.6) is 0 Å². The third kappa shape index (κ3) is 5.41. The van der Waals surface area contributed by atoms with Crippen molar-refractivity contribution in [3.05, 3.63) is 87.2 Å². The zero-order valence-electron chi connectivity index (χ0n) is 19.1. The van der Waals surface area contributed by atoms with E-state index in [1.54, 1.807) is 11.8 Å². The van der Waals surface area contributed by atoms with Gasteiger partial charge < -0.3 is 15.0 Å². The van der Waals surface area contributed by atoms with Crippen molar-refractivity contribution < 1.29 is 9.90 Å². The molecular weight excluding hydrogens is 404 g/mol. The summed E-state index contributed by atoms with van der Waals surface area (Å²) in [4.78, 5) is 13.3. The molecule has 0 saturated heterocycles. The van der Waals surface area contributed by atoms with Crippen molar-refractivity contribution in [3.63, 3.8) is 0 Å². The van der Waals surface area contributed by atoms with Gasteiger partial charge in [0.1, 0.15) is 0 Å². The van der Waals surface area contributed by atoms with E-state index in [0.717, 1.165) is 29.9 Å². The van der Waals surface area contributed by atoms with Crippen molar-refractivity contribution in [1.29, 1.82) is 0 Å². The Kier molecular flexibility index (Phi) is 7.63. The predicted octanol–water partition coefficient (Wildman–Crippen LogP) is 5.52. The van der Waals surface area contributed by atoms with Crippen LogP contribution in [-0.2, 0) is 19.5 Å². The van der Waals surface area contributed by atoms with Gasteiger partial charge in [-0.05, 0) is 75.7 Å². The lowest BCUT2D eigenvalue weighted by Crippen LogP contribution is -2.18. The minimum atomic E-state index is -0.857. The summed E-state index contributed by atoms with van der Waals surface area (Å²) in [5.41, 5.74) is 8.10. The maximum Gasteiger partial charge on any atom is 0.337 e. The Labute approximate surface area is 189 Å². The number of rotatable bonds is 9. The first-order valence-electron chi connectivity index (χ1n) is 10.6. The SMILES string of the molecule is CSc1ccc(CCNCc2c(C(=O)O)c(C)n(Cc3cc(C)ccc3C)c2C)cc1. The summed E-state index contributed by atoms with van der Waals surface area (Å²) in [7, 11) is 0. The lowest BCUT2D eigenvalue weighted by atomic mass is 10.1. The average Bonchev–Trinajstić information content (AvgIpc) is 2.98. The Morgan fingerprint density at radius 3 is 2.39 bits per heavy atom. The van der Waals surface area contributed by atoms with Gasteiger partial charge in [-0.1, -0.05) is 35.9 Å². The molecule has 3 rings (SSSR count). The molecule has 0 amide bonds. The van der Waals surface area contributed by atoms with E-state index in [0.29, 0.717) is 18.7 Å². The van der Waals surface area contributed by atoms with Gasteiger partial charge in [0.15, 0.2) is 0 Å². The van der Waals surface area contributed by atoms with Crippen LogP contribution in [0, 0.1) is 27.7 Å². The predicted molar refractivity (Wildman–Crippen MR) is 130 cm³/mol. The molecule has 0 aliphatic carbocycles. The van der Waals surface area contributed by atoms with Crippen molar-refractivity contribution in [3.8, 4) is 0 Å². The maximum atomic E-state index is 12.1. The Morgan fingerprint density at radius 2 is 1.74 bits per heavy atom. The van der Waals surface area contributed by atoms with Gasteiger partial charge in [-0.15, -0.1) is 11.8 Å². The second-order valence-electron chi connectivity index (χ2n) is 8.12. The van der Waals surface area contributed by atoms with Crippen molar-refractivity contribution >= 4 is 17.7 Å². The molecule has 0 bridgehead atoms. The molecule has 31 heavy (non-hydrogen) atoms. The lowest BCUT2D eigenvalue weighted by Gasteiger charge is -2.13. The second-order valence-corrected chi connectivity index (χ2v) is 9.00. The third-order valence-electron chi connectivity index (χ3n) is 6.01. The number of carbonyl (C=O) groups is 1. The minimum absolute atomic E-state index is 0.430. The van der Waals surface area contributed by atoms with Crippen molar-refractivity contribution in [1.82, 2.24) is 9.88 Å². The zero-order valence-corrected chi connectivity index (χ0v) is 19.9. The van der Waals surface area contributed by atoms with Gasteiger partial charge in [0.05, 0.1) is 5.56 Å². The van der Waals surface area contributed by atoms with Gasteiger partial charge in [-0.2, -0.15) is 0 Å². The first-order chi connectivity index (χ1) is 14.8. The molecular formula is C26H32N2O2S. The van der Waals surface area contributed by atoms with Gasteiger partial charge in [-0.25, -0.2) is 4.79 Å². The quantitative estimate of drug-likeness (QED) is 0.342. The van der Waals surface area contributed by atoms with E-state index in [1.807, 2.05) is 13.8 Å². The Hall–Kier alpha value is -2.50. The first-order valence-corrected chi connectivity index (χ1v) is 11.9. The number of hydrogen-bond acceptors (Lipinski definition) is 3. The van der Waals surface area contributed by atoms with Gasteiger partial charge in [0, 0.05) is 34.9 Å². The number of aromatic nitrogens is 1. The first kappa shape index (κ1) is 23.2. The number of nitrogens with one attached hydrogen (secondary N) is 1. The smallest absolute Gasteiger partial charge is 0.337 e. The number of carboxylic acids is 1. The lowest BCUT2D eigenvalue weighted by molar-refractivity contribution is 0.0694. The summed E-state index contributed by atoms with van der Waals surface area (Å²) in [6.07, 6.45) is 2.99. The molecule has 2 N–H and O–H groups in total. The van der Waals surface area contributed by atoms with E-state index in [9.17, 15) is 9.90 Å². The molecule has 2 aromatic carbocycles. The van der Waals surface area contributed by atoms with Crippen LogP contribution in [-0.4, -0.2) is 28.4 Å². The number of aromatic carboxylic acids is 1. The van der Waals surface area contributed by atoms with Crippen LogP contribution in [0.3, 0.4) is 0 Å². The molecule has 1 aromatic heterocycles. The Morgan fingerprint density at radius 1 is 1.03 bits per heavy atom. The molecule has 0 saturated carbocycles. The summed E-state index contributed by atoms with van der Waals surface area (Å²) in [6.45, 7) is 10.2. The standard InChI is InChI=1S/C26H32N2O2S/c1-17-6-7-18(2)22(14-17)16-28-19(3)24(25(20(28)4)26(29)30)15-27-13-12-21-8-10-23(31-5)11-9-21/h6-11,14,27H,12-13,15-16H2,1-5H3,(H,29,30). The highest BCUT2D eigenvalue weighted by molar-refractivity contribution is 7.98. The van der Waals surface area contributed by atoms with Gasteiger partial charge >= 0.3 is 5.97 Å². The summed E-state index contributed by atoms with van der Waals surface area (Å²) in [5, 5.41) is 13.3. The topological polar surface area (TPSA) is 54.3 Å². The summed E-state index contributed by atoms with van der Waals surface area (Å²) >= 11 is 1.74. The molecule has 5 heteroatoms. The summed E-state index contributed by atoms with van der Waals surface area (Å²) in [6, 6.07) is 15.0. The van der Waals surface area contributed by atoms with Crippen LogP contribution in [0.15, 0.2) is 47.4 Å². The number of nitrogens with zero attached hydrogens (tertiary/aromatic N) is 1. The highest BCUT2D eigenvalue weighted by Gasteiger charge is 2.22. The van der Waals surface area contributed by atoms with Crippen LogP contribution in [0.4, 0.5) is 0 Å². The fraction of sp³-hybridized carbons (Fsp3) is 0.346. The number of aryl methyl sites for hydroxylation is 2. The molecule has 0 spiro atoms. The number of hydrogen-bond donors (Lipinski definition) is 2. The van der Waals surface area contributed by atoms with Crippen LogP contribution in [0.2, 0.25) is 0 Å². The summed E-state index contributed by atoms with van der Waals surface area (Å²) in [5.74, 6) is -0.857. The maximum absolute atomic E-state index is 12.1. The Balaban J connectivity index is 1.75. The largest absolute Gasteiger partial charge is 0.478 e. The zero-order chi connectivity index (χ0) is 22.5. The van der Waals surface area contributed by atoms with Crippen molar-refractivity contribution in [2.24, 2.45) is 0 Å². The highest BCUT2D eigenvalue weighted by atomic mass is 32.2. The number of thioether (sulfide) groups is 1. The van der Waals surface area contributed by atoms with E-state index in [4.69, 9.17) is 0 Å². The van der Waals surface area contributed by atoms with Crippen molar-refractivity contribution in [2.45, 2.75) is 52.1 Å².